The van der Waals surface area contributed by atoms with Crippen LogP contribution in [0.25, 0.3) is 5.69 Å². The van der Waals surface area contributed by atoms with E-state index in [-0.39, 0.29) is 5.75 Å². The number of benzene rings is 1. The van der Waals surface area contributed by atoms with Crippen molar-refractivity contribution in [2.75, 3.05) is 12.0 Å². The molecule has 6 heteroatoms. The summed E-state index contributed by atoms with van der Waals surface area (Å²) in [5.41, 5.74) is 2.00. The van der Waals surface area contributed by atoms with Crippen LogP contribution in [-0.2, 0) is 4.79 Å². The van der Waals surface area contributed by atoms with Crippen molar-refractivity contribution in [3.8, 4) is 5.69 Å². The van der Waals surface area contributed by atoms with Gasteiger partial charge in [-0.1, -0.05) is 17.8 Å². The number of carbonyl (C=O) groups is 1. The molecule has 0 atom stereocenters. The van der Waals surface area contributed by atoms with E-state index in [1.165, 1.54) is 16.7 Å². The summed E-state index contributed by atoms with van der Waals surface area (Å²) in [7, 11) is 0. The van der Waals surface area contributed by atoms with Crippen molar-refractivity contribution in [2.45, 2.75) is 17.0 Å². The van der Waals surface area contributed by atoms with Gasteiger partial charge in [-0.2, -0.15) is 0 Å². The summed E-state index contributed by atoms with van der Waals surface area (Å²) in [4.78, 5) is 16.1. The largest absolute Gasteiger partial charge is 0.481 e. The molecule has 1 aromatic carbocycles. The van der Waals surface area contributed by atoms with Crippen molar-refractivity contribution in [3.05, 3.63) is 36.2 Å². The zero-order valence-electron chi connectivity index (χ0n) is 10.7. The first-order valence-corrected chi connectivity index (χ1v) is 7.86. The molecular formula is C13H14N2O2S2. The Labute approximate surface area is 120 Å². The summed E-state index contributed by atoms with van der Waals surface area (Å²) in [5, 5.41) is 9.47. The maximum absolute atomic E-state index is 10.7. The van der Waals surface area contributed by atoms with Crippen LogP contribution < -0.4 is 0 Å². The quantitative estimate of drug-likeness (QED) is 0.859. The Hall–Kier alpha value is -1.40. The van der Waals surface area contributed by atoms with Crippen LogP contribution in [0.5, 0.6) is 0 Å². The minimum Gasteiger partial charge on any atom is -0.481 e. The number of aromatic nitrogens is 2. The number of hydrogen-bond acceptors (Lipinski definition) is 4. The first kappa shape index (κ1) is 14.0. The number of thioether (sulfide) groups is 2. The lowest BCUT2D eigenvalue weighted by Crippen LogP contribution is -2.03. The molecule has 100 valence electrons. The molecule has 2 rings (SSSR count). The molecule has 0 amide bonds. The molecule has 0 aliphatic rings. The van der Waals surface area contributed by atoms with Gasteiger partial charge < -0.3 is 5.11 Å². The van der Waals surface area contributed by atoms with Crippen LogP contribution in [0.1, 0.15) is 5.69 Å². The van der Waals surface area contributed by atoms with Crippen LogP contribution in [0.3, 0.4) is 0 Å². The molecule has 2 aromatic rings. The molecule has 19 heavy (non-hydrogen) atoms. The lowest BCUT2D eigenvalue weighted by molar-refractivity contribution is -0.133. The topological polar surface area (TPSA) is 55.1 Å². The van der Waals surface area contributed by atoms with E-state index in [4.69, 9.17) is 5.11 Å². The van der Waals surface area contributed by atoms with E-state index in [1.807, 2.05) is 35.9 Å². The molecule has 1 N–H and O–H groups in total. The minimum absolute atomic E-state index is 0.0126. The number of aryl methyl sites for hydroxylation is 1. The first-order valence-electron chi connectivity index (χ1n) is 5.65. The Bertz CT molecular complexity index is 596. The predicted octanol–water partition coefficient (Wildman–Crippen LogP) is 3.08. The highest BCUT2D eigenvalue weighted by Gasteiger charge is 2.11. The van der Waals surface area contributed by atoms with E-state index in [1.54, 1.807) is 18.0 Å². The summed E-state index contributed by atoms with van der Waals surface area (Å²) in [5.74, 6) is -0.825. The second kappa shape index (κ2) is 6.16. The zero-order chi connectivity index (χ0) is 13.8. The lowest BCUT2D eigenvalue weighted by Gasteiger charge is -2.10. The summed E-state index contributed by atoms with van der Waals surface area (Å²) in [6.45, 7) is 1.96. The monoisotopic (exact) mass is 294 g/mol. The van der Waals surface area contributed by atoms with Crippen LogP contribution in [0, 0.1) is 6.92 Å². The second-order valence-electron chi connectivity index (χ2n) is 3.90. The fraction of sp³-hybridized carbons (Fsp3) is 0.231. The molecule has 0 saturated carbocycles. The highest BCUT2D eigenvalue weighted by atomic mass is 32.2. The summed E-state index contributed by atoms with van der Waals surface area (Å²) in [6, 6.07) is 8.11. The Morgan fingerprint density at radius 1 is 1.47 bits per heavy atom. The van der Waals surface area contributed by atoms with Gasteiger partial charge in [0.1, 0.15) is 0 Å². The van der Waals surface area contributed by atoms with Gasteiger partial charge >= 0.3 is 5.97 Å². The predicted molar refractivity (Wildman–Crippen MR) is 78.4 cm³/mol. The summed E-state index contributed by atoms with van der Waals surface area (Å²) < 4.78 is 1.98. The van der Waals surface area contributed by atoms with Crippen molar-refractivity contribution in [1.82, 2.24) is 9.55 Å². The standard InChI is InChI=1S/C13H14N2O2S2/c1-9-7-14-13(19-8-12(16)17)15(9)10-4-3-5-11(6-10)18-2/h3-7H,8H2,1-2H3,(H,16,17). The molecule has 0 aliphatic carbocycles. The first-order chi connectivity index (χ1) is 9.11. The van der Waals surface area contributed by atoms with Gasteiger partial charge in [0.25, 0.3) is 0 Å². The highest BCUT2D eigenvalue weighted by molar-refractivity contribution is 7.99. The van der Waals surface area contributed by atoms with Gasteiger partial charge in [0, 0.05) is 22.5 Å². The van der Waals surface area contributed by atoms with Crippen LogP contribution in [-0.4, -0.2) is 32.6 Å². The molecule has 4 nitrogen and oxygen atoms in total. The minimum atomic E-state index is -0.838. The fourth-order valence-electron chi connectivity index (χ4n) is 1.71. The van der Waals surface area contributed by atoms with E-state index in [9.17, 15) is 4.79 Å². The number of carboxylic acid groups (broad SMARTS) is 1. The van der Waals surface area contributed by atoms with Gasteiger partial charge in [0.05, 0.1) is 5.75 Å². The molecular weight excluding hydrogens is 280 g/mol. The third-order valence-electron chi connectivity index (χ3n) is 2.54. The van der Waals surface area contributed by atoms with Crippen LogP contribution in [0.15, 0.2) is 40.5 Å². The molecule has 0 unspecified atom stereocenters. The fourth-order valence-corrected chi connectivity index (χ4v) is 2.92. The lowest BCUT2D eigenvalue weighted by atomic mass is 10.3. The summed E-state index contributed by atoms with van der Waals surface area (Å²) >= 11 is 2.91. The van der Waals surface area contributed by atoms with E-state index < -0.39 is 5.97 Å². The van der Waals surface area contributed by atoms with Gasteiger partial charge in [-0.3, -0.25) is 9.36 Å². The van der Waals surface area contributed by atoms with Gasteiger partial charge in [0.15, 0.2) is 5.16 Å². The average Bonchev–Trinajstić information content (AvgIpc) is 2.77. The van der Waals surface area contributed by atoms with Crippen molar-refractivity contribution in [3.63, 3.8) is 0 Å². The highest BCUT2D eigenvalue weighted by Crippen LogP contribution is 2.25. The van der Waals surface area contributed by atoms with E-state index >= 15 is 0 Å². The Morgan fingerprint density at radius 3 is 2.95 bits per heavy atom. The Kier molecular flexibility index (Phi) is 4.55. The smallest absolute Gasteiger partial charge is 0.313 e. The molecule has 1 heterocycles. The van der Waals surface area contributed by atoms with E-state index in [2.05, 4.69) is 11.1 Å². The maximum Gasteiger partial charge on any atom is 0.313 e. The van der Waals surface area contributed by atoms with Gasteiger partial charge in [0.2, 0.25) is 0 Å². The van der Waals surface area contributed by atoms with E-state index in [0.717, 1.165) is 11.4 Å². The number of hydrogen-bond donors (Lipinski definition) is 1. The van der Waals surface area contributed by atoms with Gasteiger partial charge in [-0.15, -0.1) is 11.8 Å². The van der Waals surface area contributed by atoms with Crippen molar-refractivity contribution in [2.24, 2.45) is 0 Å². The number of aliphatic carboxylic acids is 1. The van der Waals surface area contributed by atoms with Crippen molar-refractivity contribution in [1.29, 1.82) is 0 Å². The Balaban J connectivity index is 2.37. The average molecular weight is 294 g/mol. The van der Waals surface area contributed by atoms with Gasteiger partial charge in [-0.25, -0.2) is 4.98 Å². The SMILES string of the molecule is CSc1cccc(-n2c(C)cnc2SCC(=O)O)c1. The normalized spacial score (nSPS) is 10.6. The zero-order valence-corrected chi connectivity index (χ0v) is 12.3. The van der Waals surface area contributed by atoms with Crippen molar-refractivity contribution < 1.29 is 9.90 Å². The molecule has 0 spiro atoms. The number of nitrogens with zero attached hydrogens (tertiary/aromatic N) is 2. The molecule has 0 saturated heterocycles. The molecule has 0 fully saturated rings. The van der Waals surface area contributed by atoms with Gasteiger partial charge in [-0.05, 0) is 31.4 Å². The third kappa shape index (κ3) is 3.33. The molecule has 0 aliphatic heterocycles. The molecule has 1 aromatic heterocycles. The Morgan fingerprint density at radius 2 is 2.26 bits per heavy atom. The third-order valence-corrected chi connectivity index (χ3v) is 4.20. The van der Waals surface area contributed by atoms with Crippen LogP contribution >= 0.6 is 23.5 Å². The van der Waals surface area contributed by atoms with Crippen LogP contribution in [0.4, 0.5) is 0 Å². The molecule has 0 radical (unpaired) electrons. The maximum atomic E-state index is 10.7. The second-order valence-corrected chi connectivity index (χ2v) is 5.72. The number of carboxylic acids is 1. The summed E-state index contributed by atoms with van der Waals surface area (Å²) in [6.07, 6.45) is 3.79. The molecule has 0 bridgehead atoms. The number of rotatable bonds is 5. The van der Waals surface area contributed by atoms with E-state index in [0.29, 0.717) is 5.16 Å². The van der Waals surface area contributed by atoms with Crippen LogP contribution in [0.2, 0.25) is 0 Å². The van der Waals surface area contributed by atoms with Crippen molar-refractivity contribution >= 4 is 29.5 Å². The number of imidazole rings is 1.